The molecule has 112 valence electrons. The minimum Gasteiger partial charge on any atom is -0.379 e. The topological polar surface area (TPSA) is 75.2 Å². The van der Waals surface area contributed by atoms with Gasteiger partial charge in [-0.3, -0.25) is 0 Å². The summed E-state index contributed by atoms with van der Waals surface area (Å²) < 4.78 is 5.58. The summed E-state index contributed by atoms with van der Waals surface area (Å²) in [6.07, 6.45) is 2.64. The molecule has 0 amide bonds. The lowest BCUT2D eigenvalue weighted by Crippen LogP contribution is -2.18. The first-order chi connectivity index (χ1) is 9.69. The van der Waals surface area contributed by atoms with Gasteiger partial charge in [0, 0.05) is 33.8 Å². The standard InChI is InChI=1S/C13H24N6O/c1-4-14-11-16-12(18-13(17-11)19(2)3)15-7-8-20-9-10-5-6-10/h10H,4-9H2,1-3H3,(H2,14,15,16,17,18). The van der Waals surface area contributed by atoms with Crippen LogP contribution in [0.3, 0.4) is 0 Å². The summed E-state index contributed by atoms with van der Waals surface area (Å²) in [4.78, 5) is 14.9. The largest absolute Gasteiger partial charge is 0.379 e. The van der Waals surface area contributed by atoms with E-state index in [9.17, 15) is 0 Å². The molecule has 2 N–H and O–H groups in total. The van der Waals surface area contributed by atoms with E-state index in [4.69, 9.17) is 4.74 Å². The molecule has 0 unspecified atom stereocenters. The molecule has 1 fully saturated rings. The number of nitrogens with one attached hydrogen (secondary N) is 2. The molecule has 0 saturated heterocycles. The minimum absolute atomic E-state index is 0.578. The van der Waals surface area contributed by atoms with Crippen LogP contribution in [0.15, 0.2) is 0 Å². The Labute approximate surface area is 120 Å². The lowest BCUT2D eigenvalue weighted by Gasteiger charge is -2.13. The van der Waals surface area contributed by atoms with Gasteiger partial charge in [-0.05, 0) is 25.7 Å². The summed E-state index contributed by atoms with van der Waals surface area (Å²) in [6.45, 7) is 5.05. The van der Waals surface area contributed by atoms with Crippen molar-refractivity contribution >= 4 is 17.8 Å². The summed E-state index contributed by atoms with van der Waals surface area (Å²) in [5, 5.41) is 6.29. The van der Waals surface area contributed by atoms with Crippen molar-refractivity contribution in [2.24, 2.45) is 5.92 Å². The van der Waals surface area contributed by atoms with E-state index in [1.54, 1.807) is 0 Å². The summed E-state index contributed by atoms with van der Waals surface area (Å²) in [7, 11) is 3.82. The third-order valence-corrected chi connectivity index (χ3v) is 2.94. The van der Waals surface area contributed by atoms with Gasteiger partial charge >= 0.3 is 0 Å². The van der Waals surface area contributed by atoms with Crippen LogP contribution < -0.4 is 15.5 Å². The molecule has 2 rings (SSSR count). The molecule has 0 atom stereocenters. The number of hydrogen-bond acceptors (Lipinski definition) is 7. The van der Waals surface area contributed by atoms with Gasteiger partial charge in [-0.1, -0.05) is 0 Å². The van der Waals surface area contributed by atoms with Gasteiger partial charge in [0.05, 0.1) is 6.61 Å². The Hall–Kier alpha value is -1.63. The first kappa shape index (κ1) is 14.8. The highest BCUT2D eigenvalue weighted by Crippen LogP contribution is 2.28. The first-order valence-corrected chi connectivity index (χ1v) is 7.18. The molecule has 0 aliphatic heterocycles. The maximum atomic E-state index is 5.58. The molecule has 0 aromatic carbocycles. The highest BCUT2D eigenvalue weighted by Gasteiger charge is 2.20. The summed E-state index contributed by atoms with van der Waals surface area (Å²) in [6, 6.07) is 0. The molecule has 1 saturated carbocycles. The molecule has 20 heavy (non-hydrogen) atoms. The maximum Gasteiger partial charge on any atom is 0.231 e. The van der Waals surface area contributed by atoms with Gasteiger partial charge in [-0.2, -0.15) is 15.0 Å². The molecule has 1 aromatic heterocycles. The molecule has 1 aliphatic carbocycles. The van der Waals surface area contributed by atoms with E-state index >= 15 is 0 Å². The fourth-order valence-corrected chi connectivity index (χ4v) is 1.65. The van der Waals surface area contributed by atoms with E-state index in [1.807, 2.05) is 25.9 Å². The first-order valence-electron chi connectivity index (χ1n) is 7.18. The fraction of sp³-hybridized carbons (Fsp3) is 0.769. The third-order valence-electron chi connectivity index (χ3n) is 2.94. The zero-order chi connectivity index (χ0) is 14.4. The molecule has 0 bridgehead atoms. The Balaban J connectivity index is 1.84. The normalized spacial score (nSPS) is 14.2. The SMILES string of the molecule is CCNc1nc(NCCOCC2CC2)nc(N(C)C)n1. The molecule has 1 aliphatic rings. The van der Waals surface area contributed by atoms with Crippen molar-refractivity contribution in [2.45, 2.75) is 19.8 Å². The summed E-state index contributed by atoms with van der Waals surface area (Å²) in [5.41, 5.74) is 0. The number of ether oxygens (including phenoxy) is 1. The van der Waals surface area contributed by atoms with Gasteiger partial charge in [0.2, 0.25) is 17.8 Å². The minimum atomic E-state index is 0.578. The van der Waals surface area contributed by atoms with Crippen LogP contribution in [0.4, 0.5) is 17.8 Å². The van der Waals surface area contributed by atoms with Crippen molar-refractivity contribution in [3.63, 3.8) is 0 Å². The van der Waals surface area contributed by atoms with Crippen molar-refractivity contribution in [3.05, 3.63) is 0 Å². The number of hydrogen-bond donors (Lipinski definition) is 2. The smallest absolute Gasteiger partial charge is 0.231 e. The molecule has 0 radical (unpaired) electrons. The molecule has 7 nitrogen and oxygen atoms in total. The van der Waals surface area contributed by atoms with E-state index in [1.165, 1.54) is 12.8 Å². The maximum absolute atomic E-state index is 5.58. The highest BCUT2D eigenvalue weighted by molar-refractivity contribution is 5.42. The van der Waals surface area contributed by atoms with Gasteiger partial charge in [0.25, 0.3) is 0 Å². The summed E-state index contributed by atoms with van der Waals surface area (Å²) in [5.74, 6) is 2.60. The second-order valence-corrected chi connectivity index (χ2v) is 5.15. The number of rotatable bonds is 9. The van der Waals surface area contributed by atoms with Crippen LogP contribution in [0.1, 0.15) is 19.8 Å². The molecular weight excluding hydrogens is 256 g/mol. The Kier molecular flexibility index (Phi) is 5.34. The van der Waals surface area contributed by atoms with Crippen LogP contribution in [0.25, 0.3) is 0 Å². The predicted octanol–water partition coefficient (Wildman–Crippen LogP) is 1.21. The van der Waals surface area contributed by atoms with Crippen LogP contribution in [0.5, 0.6) is 0 Å². The van der Waals surface area contributed by atoms with Crippen LogP contribution >= 0.6 is 0 Å². The second-order valence-electron chi connectivity index (χ2n) is 5.15. The van der Waals surface area contributed by atoms with E-state index in [2.05, 4.69) is 25.6 Å². The Bertz CT molecular complexity index is 421. The average molecular weight is 280 g/mol. The fourth-order valence-electron chi connectivity index (χ4n) is 1.65. The van der Waals surface area contributed by atoms with Gasteiger partial charge in [-0.25, -0.2) is 0 Å². The predicted molar refractivity (Wildman–Crippen MR) is 80.4 cm³/mol. The number of aromatic nitrogens is 3. The zero-order valence-corrected chi connectivity index (χ0v) is 12.5. The molecule has 0 spiro atoms. The number of nitrogens with zero attached hydrogens (tertiary/aromatic N) is 4. The van der Waals surface area contributed by atoms with Crippen LogP contribution in [0.2, 0.25) is 0 Å². The molecular formula is C13H24N6O. The van der Waals surface area contributed by atoms with Gasteiger partial charge in [-0.15, -0.1) is 0 Å². The van der Waals surface area contributed by atoms with Crippen molar-refractivity contribution in [2.75, 3.05) is 55.9 Å². The number of anilines is 3. The molecule has 1 aromatic rings. The van der Waals surface area contributed by atoms with Crippen molar-refractivity contribution in [3.8, 4) is 0 Å². The van der Waals surface area contributed by atoms with E-state index in [-0.39, 0.29) is 0 Å². The Morgan fingerprint density at radius 2 is 1.85 bits per heavy atom. The zero-order valence-electron chi connectivity index (χ0n) is 12.5. The van der Waals surface area contributed by atoms with E-state index in [0.29, 0.717) is 31.0 Å². The van der Waals surface area contributed by atoms with E-state index < -0.39 is 0 Å². The lowest BCUT2D eigenvalue weighted by atomic mass is 10.5. The Morgan fingerprint density at radius 3 is 2.45 bits per heavy atom. The van der Waals surface area contributed by atoms with Crippen LogP contribution in [-0.2, 0) is 4.74 Å². The van der Waals surface area contributed by atoms with Gasteiger partial charge < -0.3 is 20.3 Å². The summed E-state index contributed by atoms with van der Waals surface area (Å²) >= 11 is 0. The quantitative estimate of drug-likeness (QED) is 0.658. The van der Waals surface area contributed by atoms with Crippen molar-refractivity contribution in [1.29, 1.82) is 0 Å². The monoisotopic (exact) mass is 280 g/mol. The van der Waals surface area contributed by atoms with Crippen molar-refractivity contribution in [1.82, 2.24) is 15.0 Å². The van der Waals surface area contributed by atoms with Gasteiger partial charge in [0.1, 0.15) is 0 Å². The average Bonchev–Trinajstić information content (AvgIpc) is 3.22. The van der Waals surface area contributed by atoms with Crippen LogP contribution in [0, 0.1) is 5.92 Å². The highest BCUT2D eigenvalue weighted by atomic mass is 16.5. The van der Waals surface area contributed by atoms with Crippen molar-refractivity contribution < 1.29 is 4.74 Å². The lowest BCUT2D eigenvalue weighted by molar-refractivity contribution is 0.133. The second kappa shape index (κ2) is 7.23. The third kappa shape index (κ3) is 4.80. The van der Waals surface area contributed by atoms with Gasteiger partial charge in [0.15, 0.2) is 0 Å². The van der Waals surface area contributed by atoms with Crippen LogP contribution in [-0.4, -0.2) is 55.4 Å². The molecule has 7 heteroatoms. The molecule has 1 heterocycles. The Morgan fingerprint density at radius 1 is 1.15 bits per heavy atom. The van der Waals surface area contributed by atoms with E-state index in [0.717, 1.165) is 19.1 Å².